The van der Waals surface area contributed by atoms with Crippen molar-refractivity contribution in [1.29, 1.82) is 0 Å². The maximum absolute atomic E-state index is 4.94. The Hall–Kier alpha value is 2.41. The van der Waals surface area contributed by atoms with Crippen LogP contribution in [0.1, 0.15) is 51.4 Å². The molecule has 0 amide bonds. The van der Waals surface area contributed by atoms with Gasteiger partial charge in [-0.2, -0.15) is 0 Å². The molecule has 0 atom stereocenters. The van der Waals surface area contributed by atoms with Crippen molar-refractivity contribution in [3.05, 3.63) is 26.2 Å². The third-order valence-electron chi connectivity index (χ3n) is 3.31. The summed E-state index contributed by atoms with van der Waals surface area (Å²) in [6.07, 6.45) is 10.2. The van der Waals surface area contributed by atoms with E-state index in [1.807, 2.05) is 0 Å². The molecule has 4 heterocycles. The average molecular weight is 733 g/mol. The largest absolute Gasteiger partial charge is 3.00 e. The molecule has 10 heteroatoms. The van der Waals surface area contributed by atoms with Gasteiger partial charge in [0.2, 0.25) is 0 Å². The Morgan fingerprint density at radius 2 is 0.381 bits per heavy atom. The van der Waals surface area contributed by atoms with Gasteiger partial charge in [-0.25, -0.2) is 0 Å². The van der Waals surface area contributed by atoms with E-state index in [9.17, 15) is 0 Å². The fourth-order valence-electron chi connectivity index (χ4n) is 2.04. The summed E-state index contributed by atoms with van der Waals surface area (Å²) in [5.74, 6) is 0. The molecule has 0 spiro atoms. The predicted octanol–water partition coefficient (Wildman–Crippen LogP) is 6.98. The third kappa shape index (κ3) is 145. The van der Waals surface area contributed by atoms with Crippen LogP contribution in [0.3, 0.4) is 0 Å². The fourth-order valence-corrected chi connectivity index (χ4v) is 2.04. The Labute approximate surface area is 309 Å². The van der Waals surface area contributed by atoms with Gasteiger partial charge in [0.15, 0.2) is 0 Å². The van der Waals surface area contributed by atoms with Crippen LogP contribution in [-0.4, -0.2) is 85.2 Å². The minimum Gasteiger partial charge on any atom is -0.381 e. The van der Waals surface area contributed by atoms with Crippen molar-refractivity contribution < 1.29 is 70.5 Å². The summed E-state index contributed by atoms with van der Waals surface area (Å²) in [7, 11) is -3.44. The Kier molecular flexibility index (Phi) is 49.0. The second-order valence-corrected chi connectivity index (χ2v) is 36.0. The molecule has 4 nitrogen and oxygen atoms in total. The molecule has 4 fully saturated rings. The van der Waals surface area contributed by atoms with Gasteiger partial charge in [-0.05, 0) is 51.4 Å². The molecule has 0 aromatic carbocycles. The van der Waals surface area contributed by atoms with E-state index in [0.29, 0.717) is 0 Å². The summed E-state index contributed by atoms with van der Waals surface area (Å²) in [5.41, 5.74) is 0. The monoisotopic (exact) mass is 732 g/mol. The molecule has 0 bridgehead atoms. The molecule has 4 aliphatic rings. The second kappa shape index (κ2) is 36.2. The van der Waals surface area contributed by atoms with Crippen LogP contribution in [0.4, 0.5) is 0 Å². The normalized spacial score (nSPS) is 17.1. The van der Waals surface area contributed by atoms with Gasteiger partial charge in [0.25, 0.3) is 0 Å². The van der Waals surface area contributed by atoms with Gasteiger partial charge in [0.1, 0.15) is 0 Å². The minimum absolute atomic E-state index is 0. The number of hydrogen-bond acceptors (Lipinski definition) is 4. The molecule has 0 saturated carbocycles. The Bertz CT molecular complexity index is 334. The van der Waals surface area contributed by atoms with Crippen molar-refractivity contribution in [2.75, 3.05) is 52.9 Å². The molecule has 0 aromatic rings. The molecule has 4 aliphatic heterocycles. The van der Waals surface area contributed by atoms with Crippen molar-refractivity contribution in [1.82, 2.24) is 0 Å². The molecule has 0 aliphatic carbocycles. The van der Waals surface area contributed by atoms with Gasteiger partial charge >= 0.3 is 51.6 Å². The summed E-state index contributed by atoms with van der Waals surface area (Å²) >= 11 is 0. The van der Waals surface area contributed by atoms with E-state index in [0.717, 1.165) is 52.9 Å². The SMILES string of the molecule is C1CCOC1.C1CCOC1.C1CCOC1.C1CCOC1.[CH2-][Si](C)(C)C.[CH2-][Si](C)(C)C.[CH2-][Si](C)(C)C.[CH2-][Si](C)(C)C.[Li+].[Y+3]. The number of ether oxygens (including phenoxy) is 4. The van der Waals surface area contributed by atoms with Crippen LogP contribution in [0.2, 0.25) is 78.6 Å². The summed E-state index contributed by atoms with van der Waals surface area (Å²) in [6.45, 7) is 50.2. The molecule has 0 aromatic heterocycles. The molecule has 4 rings (SSSR count). The van der Waals surface area contributed by atoms with Gasteiger partial charge in [0, 0.05) is 52.9 Å². The van der Waals surface area contributed by atoms with Gasteiger partial charge in [0.05, 0.1) is 0 Å². The fraction of sp³-hybridized carbons (Fsp3) is 0.875. The quantitative estimate of drug-likeness (QED) is 0.199. The molecule has 4 saturated heterocycles. The van der Waals surface area contributed by atoms with Gasteiger partial charge < -0.3 is 45.1 Å². The molecular weight excluding hydrogens is 657 g/mol. The number of hydrogen-bond donors (Lipinski definition) is 0. The van der Waals surface area contributed by atoms with Crippen LogP contribution in [0.15, 0.2) is 0 Å². The van der Waals surface area contributed by atoms with Crippen LogP contribution in [0.25, 0.3) is 0 Å². The van der Waals surface area contributed by atoms with Gasteiger partial charge in [-0.15, -0.1) is 32.3 Å². The zero-order valence-corrected chi connectivity index (χ0v) is 38.2. The van der Waals surface area contributed by atoms with E-state index in [4.69, 9.17) is 18.9 Å². The van der Waals surface area contributed by atoms with Crippen molar-refractivity contribution in [2.24, 2.45) is 0 Å². The van der Waals surface area contributed by atoms with Crippen LogP contribution in [0.5, 0.6) is 0 Å². The minimum atomic E-state index is -0.861. The Morgan fingerprint density at radius 1 is 0.310 bits per heavy atom. The van der Waals surface area contributed by atoms with Crippen molar-refractivity contribution in [2.45, 2.75) is 130 Å². The van der Waals surface area contributed by atoms with E-state index in [1.54, 1.807) is 0 Å². The average Bonchev–Trinajstić information content (AvgIpc) is 3.59. The topological polar surface area (TPSA) is 36.9 Å². The molecular formula is C32H76LiO4Si4Y. The van der Waals surface area contributed by atoms with Crippen LogP contribution in [-0.2, 0) is 51.7 Å². The molecule has 0 N–H and O–H groups in total. The van der Waals surface area contributed by atoms with E-state index in [-0.39, 0.29) is 51.6 Å². The van der Waals surface area contributed by atoms with Crippen molar-refractivity contribution in [3.63, 3.8) is 0 Å². The standard InChI is InChI=1S/4C4H8O.4C4H11Si.Li.Y/c4*1-2-4-5-3-1;4*1-5(2,3)4;;/h4*1-4H2;4*1H2,2-4H3;;/q;;;;4*-1;+1;+3. The summed E-state index contributed by atoms with van der Waals surface area (Å²) in [4.78, 5) is 0. The van der Waals surface area contributed by atoms with Crippen LogP contribution >= 0.6 is 0 Å². The smallest absolute Gasteiger partial charge is 0.381 e. The van der Waals surface area contributed by atoms with E-state index >= 15 is 0 Å². The Morgan fingerprint density at radius 3 is 0.405 bits per heavy atom. The van der Waals surface area contributed by atoms with Crippen molar-refractivity contribution >= 4 is 32.3 Å². The van der Waals surface area contributed by atoms with E-state index in [2.05, 4.69) is 105 Å². The first kappa shape index (κ1) is 56.7. The first-order valence-corrected chi connectivity index (χ1v) is 30.6. The second-order valence-electron chi connectivity index (χ2n) is 15.5. The van der Waals surface area contributed by atoms with Gasteiger partial charge in [-0.3, -0.25) is 0 Å². The van der Waals surface area contributed by atoms with Crippen LogP contribution < -0.4 is 18.9 Å². The van der Waals surface area contributed by atoms with E-state index < -0.39 is 32.3 Å². The van der Waals surface area contributed by atoms with E-state index in [1.165, 1.54) is 51.4 Å². The maximum Gasteiger partial charge on any atom is 3.00 e. The summed E-state index contributed by atoms with van der Waals surface area (Å²) in [6, 6.07) is 0. The molecule has 0 radical (unpaired) electrons. The zero-order chi connectivity index (χ0) is 32.1. The molecule has 0 unspecified atom stereocenters. The molecule has 42 heavy (non-hydrogen) atoms. The summed E-state index contributed by atoms with van der Waals surface area (Å²) in [5, 5.41) is 0. The Balaban J connectivity index is -0.0000000876. The first-order valence-electron chi connectivity index (χ1n) is 15.7. The first-order chi connectivity index (χ1) is 18.0. The number of rotatable bonds is 0. The van der Waals surface area contributed by atoms with Gasteiger partial charge in [-0.1, -0.05) is 78.6 Å². The molecule has 248 valence electrons. The summed E-state index contributed by atoms with van der Waals surface area (Å²) < 4.78 is 19.8. The third-order valence-corrected chi connectivity index (χ3v) is 3.31. The van der Waals surface area contributed by atoms with Crippen LogP contribution in [0, 0.1) is 26.2 Å². The van der Waals surface area contributed by atoms with Crippen molar-refractivity contribution in [3.8, 4) is 0 Å². The predicted molar refractivity (Wildman–Crippen MR) is 195 cm³/mol. The zero-order valence-electron chi connectivity index (χ0n) is 31.4. The maximum atomic E-state index is 4.94.